The Labute approximate surface area is 99.8 Å². The summed E-state index contributed by atoms with van der Waals surface area (Å²) in [7, 11) is 0. The molecule has 0 saturated heterocycles. The molecule has 1 aromatic carbocycles. The van der Waals surface area contributed by atoms with E-state index in [9.17, 15) is 4.39 Å². The van der Waals surface area contributed by atoms with Crippen molar-refractivity contribution in [2.24, 2.45) is 5.84 Å². The minimum absolute atomic E-state index is 0.340. The van der Waals surface area contributed by atoms with Crippen molar-refractivity contribution in [1.82, 2.24) is 9.97 Å². The Hall–Kier alpha value is -1.53. The molecule has 0 fully saturated rings. The molecule has 0 aliphatic carbocycles. The van der Waals surface area contributed by atoms with Gasteiger partial charge < -0.3 is 5.43 Å². The number of benzene rings is 1. The summed E-state index contributed by atoms with van der Waals surface area (Å²) < 4.78 is 13.8. The maximum absolute atomic E-state index is 13.1. The molecule has 16 heavy (non-hydrogen) atoms. The minimum Gasteiger partial charge on any atom is -0.308 e. The van der Waals surface area contributed by atoms with E-state index in [2.05, 4.69) is 31.3 Å². The van der Waals surface area contributed by atoms with Gasteiger partial charge in [0.15, 0.2) is 5.82 Å². The van der Waals surface area contributed by atoms with Crippen LogP contribution in [0.4, 0.5) is 10.2 Å². The average Bonchev–Trinajstić information content (AvgIpc) is 2.32. The molecule has 0 atom stereocenters. The van der Waals surface area contributed by atoms with Crippen LogP contribution in [0.2, 0.25) is 0 Å². The number of nitrogens with zero attached hydrogens (tertiary/aromatic N) is 2. The fourth-order valence-electron chi connectivity index (χ4n) is 1.24. The van der Waals surface area contributed by atoms with Crippen LogP contribution in [-0.2, 0) is 0 Å². The second kappa shape index (κ2) is 4.54. The minimum atomic E-state index is -0.340. The smallest absolute Gasteiger partial charge is 0.162 e. The van der Waals surface area contributed by atoms with E-state index in [1.165, 1.54) is 12.1 Å². The topological polar surface area (TPSA) is 63.8 Å². The van der Waals surface area contributed by atoms with E-state index in [-0.39, 0.29) is 5.82 Å². The lowest BCUT2D eigenvalue weighted by Gasteiger charge is -2.05. The number of nitrogen functional groups attached to an aromatic ring is 1. The highest BCUT2D eigenvalue weighted by Crippen LogP contribution is 2.26. The Bertz CT molecular complexity index is 518. The van der Waals surface area contributed by atoms with Gasteiger partial charge in [-0.1, -0.05) is 15.9 Å². The second-order valence-electron chi connectivity index (χ2n) is 3.03. The number of aromatic nitrogens is 2. The van der Waals surface area contributed by atoms with Crippen molar-refractivity contribution in [3.05, 3.63) is 40.8 Å². The number of anilines is 1. The highest BCUT2D eigenvalue weighted by Gasteiger charge is 2.07. The molecule has 6 heteroatoms. The zero-order valence-corrected chi connectivity index (χ0v) is 9.70. The third kappa shape index (κ3) is 2.17. The summed E-state index contributed by atoms with van der Waals surface area (Å²) in [6, 6.07) is 5.95. The molecule has 0 bridgehead atoms. The highest BCUT2D eigenvalue weighted by atomic mass is 79.9. The van der Waals surface area contributed by atoms with Crippen molar-refractivity contribution in [1.29, 1.82) is 0 Å². The molecular weight excluding hydrogens is 275 g/mol. The number of halogens is 2. The number of nitrogens with one attached hydrogen (secondary N) is 1. The predicted octanol–water partition coefficient (Wildman–Crippen LogP) is 2.33. The van der Waals surface area contributed by atoms with Crippen molar-refractivity contribution in [3.63, 3.8) is 0 Å². The number of hydrogen-bond donors (Lipinski definition) is 2. The average molecular weight is 283 g/mol. The molecule has 2 aromatic rings. The fourth-order valence-corrected chi connectivity index (χ4v) is 1.66. The van der Waals surface area contributed by atoms with E-state index >= 15 is 0 Å². The van der Waals surface area contributed by atoms with Crippen molar-refractivity contribution in [3.8, 4) is 11.4 Å². The standard InChI is InChI=1S/C10H8BrFN4/c11-8-2-1-6(12)5-7(8)10-14-4-3-9(15-10)16-13/h1-5H,13H2,(H,14,15,16). The maximum Gasteiger partial charge on any atom is 0.162 e. The first-order valence-electron chi connectivity index (χ1n) is 4.46. The Morgan fingerprint density at radius 3 is 2.88 bits per heavy atom. The van der Waals surface area contributed by atoms with Gasteiger partial charge >= 0.3 is 0 Å². The molecular formula is C10H8BrFN4. The van der Waals surface area contributed by atoms with E-state index in [1.54, 1.807) is 18.3 Å². The summed E-state index contributed by atoms with van der Waals surface area (Å²) in [5, 5.41) is 0. The van der Waals surface area contributed by atoms with Gasteiger partial charge in [0.25, 0.3) is 0 Å². The summed E-state index contributed by atoms with van der Waals surface area (Å²) in [6.45, 7) is 0. The van der Waals surface area contributed by atoms with E-state index in [1.807, 2.05) is 0 Å². The van der Waals surface area contributed by atoms with Crippen molar-refractivity contribution in [2.75, 3.05) is 5.43 Å². The van der Waals surface area contributed by atoms with Gasteiger partial charge in [-0.2, -0.15) is 0 Å². The van der Waals surface area contributed by atoms with Crippen LogP contribution in [0.1, 0.15) is 0 Å². The van der Waals surface area contributed by atoms with Crippen LogP contribution in [0.25, 0.3) is 11.4 Å². The summed E-state index contributed by atoms with van der Waals surface area (Å²) in [4.78, 5) is 8.18. The lowest BCUT2D eigenvalue weighted by molar-refractivity contribution is 0.628. The summed E-state index contributed by atoms with van der Waals surface area (Å²) in [6.07, 6.45) is 1.55. The first-order chi connectivity index (χ1) is 7.70. The molecule has 1 heterocycles. The number of hydrogen-bond acceptors (Lipinski definition) is 4. The Morgan fingerprint density at radius 1 is 1.31 bits per heavy atom. The van der Waals surface area contributed by atoms with Crippen LogP contribution in [0, 0.1) is 5.82 Å². The predicted molar refractivity (Wildman–Crippen MR) is 62.9 cm³/mol. The Morgan fingerprint density at radius 2 is 2.12 bits per heavy atom. The van der Waals surface area contributed by atoms with Gasteiger partial charge in [0.05, 0.1) is 0 Å². The van der Waals surface area contributed by atoms with Crippen LogP contribution in [-0.4, -0.2) is 9.97 Å². The molecule has 4 nitrogen and oxygen atoms in total. The van der Waals surface area contributed by atoms with Gasteiger partial charge in [-0.3, -0.25) is 0 Å². The van der Waals surface area contributed by atoms with E-state index in [4.69, 9.17) is 5.84 Å². The molecule has 0 amide bonds. The highest BCUT2D eigenvalue weighted by molar-refractivity contribution is 9.10. The number of hydrazine groups is 1. The monoisotopic (exact) mass is 282 g/mol. The number of nitrogens with two attached hydrogens (primary N) is 1. The summed E-state index contributed by atoms with van der Waals surface area (Å²) in [5.41, 5.74) is 2.99. The van der Waals surface area contributed by atoms with Crippen molar-refractivity contribution >= 4 is 21.7 Å². The molecule has 3 N–H and O–H groups in total. The zero-order chi connectivity index (χ0) is 11.5. The molecule has 0 saturated carbocycles. The van der Waals surface area contributed by atoms with Crippen LogP contribution in [0.3, 0.4) is 0 Å². The van der Waals surface area contributed by atoms with E-state index in [0.717, 1.165) is 4.47 Å². The van der Waals surface area contributed by atoms with Crippen molar-refractivity contribution in [2.45, 2.75) is 0 Å². The van der Waals surface area contributed by atoms with Gasteiger partial charge in [-0.05, 0) is 18.2 Å². The maximum atomic E-state index is 13.1. The van der Waals surface area contributed by atoms with E-state index in [0.29, 0.717) is 17.2 Å². The molecule has 0 aliphatic rings. The lowest BCUT2D eigenvalue weighted by atomic mass is 10.2. The van der Waals surface area contributed by atoms with Gasteiger partial charge in [-0.15, -0.1) is 0 Å². The Kier molecular flexibility index (Phi) is 3.12. The zero-order valence-electron chi connectivity index (χ0n) is 8.11. The summed E-state index contributed by atoms with van der Waals surface area (Å²) >= 11 is 3.32. The quantitative estimate of drug-likeness (QED) is 0.656. The number of rotatable bonds is 2. The van der Waals surface area contributed by atoms with E-state index < -0.39 is 0 Å². The molecule has 0 unspecified atom stereocenters. The van der Waals surface area contributed by atoms with Gasteiger partial charge in [0.2, 0.25) is 0 Å². The Balaban J connectivity index is 2.53. The second-order valence-corrected chi connectivity index (χ2v) is 3.89. The fraction of sp³-hybridized carbons (Fsp3) is 0. The molecule has 2 rings (SSSR count). The molecule has 82 valence electrons. The van der Waals surface area contributed by atoms with Crippen molar-refractivity contribution < 1.29 is 4.39 Å². The van der Waals surface area contributed by atoms with Gasteiger partial charge in [-0.25, -0.2) is 20.2 Å². The first kappa shape index (κ1) is 11.0. The molecule has 0 radical (unpaired) electrons. The molecule has 1 aromatic heterocycles. The van der Waals surface area contributed by atoms with Crippen LogP contribution in [0.5, 0.6) is 0 Å². The van der Waals surface area contributed by atoms with Gasteiger partial charge in [0, 0.05) is 22.3 Å². The van der Waals surface area contributed by atoms with Crippen LogP contribution in [0.15, 0.2) is 34.9 Å². The normalized spacial score (nSPS) is 10.2. The van der Waals surface area contributed by atoms with Gasteiger partial charge in [0.1, 0.15) is 11.6 Å². The SMILES string of the molecule is NNc1ccnc(-c2cc(F)ccc2Br)n1. The molecule has 0 aliphatic heterocycles. The lowest BCUT2D eigenvalue weighted by Crippen LogP contribution is -2.09. The third-order valence-corrected chi connectivity index (χ3v) is 2.66. The van der Waals surface area contributed by atoms with Crippen LogP contribution < -0.4 is 11.3 Å². The third-order valence-electron chi connectivity index (χ3n) is 1.97. The first-order valence-corrected chi connectivity index (χ1v) is 5.25. The largest absolute Gasteiger partial charge is 0.308 e. The molecule has 0 spiro atoms. The van der Waals surface area contributed by atoms with Crippen LogP contribution >= 0.6 is 15.9 Å². The summed E-state index contributed by atoms with van der Waals surface area (Å²) in [5.74, 6) is 5.78.